The number of aryl methyl sites for hydroxylation is 1. The van der Waals surface area contributed by atoms with Crippen LogP contribution in [0.3, 0.4) is 0 Å². The number of thioether (sulfide) groups is 1. The van der Waals surface area contributed by atoms with Crippen molar-refractivity contribution < 1.29 is 4.79 Å². The first-order chi connectivity index (χ1) is 14.6. The van der Waals surface area contributed by atoms with E-state index in [0.29, 0.717) is 18.6 Å². The summed E-state index contributed by atoms with van der Waals surface area (Å²) in [5.41, 5.74) is 4.85. The molecule has 1 unspecified atom stereocenters. The van der Waals surface area contributed by atoms with Crippen LogP contribution in [0.1, 0.15) is 43.4 Å². The number of benzene rings is 1. The van der Waals surface area contributed by atoms with Crippen LogP contribution >= 0.6 is 11.8 Å². The van der Waals surface area contributed by atoms with Crippen LogP contribution in [0, 0.1) is 6.92 Å². The third-order valence-electron chi connectivity index (χ3n) is 6.43. The van der Waals surface area contributed by atoms with Crippen molar-refractivity contribution >= 4 is 39.3 Å². The fraction of sp³-hybridized carbons (Fsp3) is 0.565. The summed E-state index contributed by atoms with van der Waals surface area (Å²) in [6.07, 6.45) is 6.22. The molecule has 2 aliphatic heterocycles. The summed E-state index contributed by atoms with van der Waals surface area (Å²) in [4.78, 5) is 22.5. The van der Waals surface area contributed by atoms with Gasteiger partial charge in [-0.15, -0.1) is 11.8 Å². The number of amides is 1. The Morgan fingerprint density at radius 2 is 2.13 bits per heavy atom. The number of hydrogen-bond acceptors (Lipinski definition) is 5. The number of aliphatic imine (C=N–C) groups is 1. The first kappa shape index (κ1) is 19.9. The molecule has 6 nitrogen and oxygen atoms in total. The molecule has 1 aliphatic carbocycles. The second kappa shape index (κ2) is 8.63. The lowest BCUT2D eigenvalue weighted by Gasteiger charge is -2.26. The molecule has 1 amide bonds. The van der Waals surface area contributed by atoms with Crippen molar-refractivity contribution in [1.82, 2.24) is 15.2 Å². The van der Waals surface area contributed by atoms with E-state index in [1.165, 1.54) is 47.8 Å². The molecule has 0 bridgehead atoms. The van der Waals surface area contributed by atoms with Crippen LogP contribution in [-0.4, -0.2) is 64.9 Å². The predicted octanol–water partition coefficient (Wildman–Crippen LogP) is 3.51. The van der Waals surface area contributed by atoms with Gasteiger partial charge in [0, 0.05) is 36.8 Å². The Morgan fingerprint density at radius 3 is 2.97 bits per heavy atom. The van der Waals surface area contributed by atoms with E-state index in [1.807, 2.05) is 11.8 Å². The minimum Gasteiger partial charge on any atom is -0.381 e. The topological polar surface area (TPSA) is 72.5 Å². The van der Waals surface area contributed by atoms with Gasteiger partial charge in [-0.05, 0) is 49.9 Å². The van der Waals surface area contributed by atoms with Gasteiger partial charge < -0.3 is 15.6 Å². The molecular weight excluding hydrogens is 394 g/mol. The highest BCUT2D eigenvalue weighted by molar-refractivity contribution is 8.14. The molecule has 30 heavy (non-hydrogen) atoms. The second-order valence-corrected chi connectivity index (χ2v) is 9.91. The lowest BCUT2D eigenvalue weighted by Crippen LogP contribution is -2.48. The molecule has 1 aromatic heterocycles. The highest BCUT2D eigenvalue weighted by atomic mass is 32.2. The van der Waals surface area contributed by atoms with Crippen molar-refractivity contribution in [1.29, 1.82) is 0 Å². The number of rotatable bonds is 6. The van der Waals surface area contributed by atoms with E-state index in [2.05, 4.69) is 45.6 Å². The number of piperazine rings is 1. The van der Waals surface area contributed by atoms with Crippen molar-refractivity contribution in [3.8, 4) is 0 Å². The Bertz CT molecular complexity index is 962. The zero-order valence-electron chi connectivity index (χ0n) is 17.7. The molecule has 1 atom stereocenters. The highest BCUT2D eigenvalue weighted by Crippen LogP contribution is 2.32. The van der Waals surface area contributed by atoms with Gasteiger partial charge in [0.1, 0.15) is 5.04 Å². The Hall–Kier alpha value is -1.99. The maximum atomic E-state index is 11.6. The van der Waals surface area contributed by atoms with E-state index in [1.54, 1.807) is 0 Å². The maximum Gasteiger partial charge on any atom is 0.234 e. The lowest BCUT2D eigenvalue weighted by molar-refractivity contribution is -0.124. The molecule has 0 spiro atoms. The lowest BCUT2D eigenvalue weighted by atomic mass is 10.1. The smallest absolute Gasteiger partial charge is 0.234 e. The van der Waals surface area contributed by atoms with Gasteiger partial charge in [0.2, 0.25) is 5.91 Å². The largest absolute Gasteiger partial charge is 0.381 e. The van der Waals surface area contributed by atoms with Crippen molar-refractivity contribution in [3.05, 3.63) is 29.5 Å². The van der Waals surface area contributed by atoms with Gasteiger partial charge in [0.15, 0.2) is 0 Å². The number of nitrogens with one attached hydrogen (secondary N) is 3. The summed E-state index contributed by atoms with van der Waals surface area (Å²) in [6, 6.07) is 7.71. The van der Waals surface area contributed by atoms with Crippen LogP contribution in [0.4, 0.5) is 5.69 Å². The van der Waals surface area contributed by atoms with Gasteiger partial charge in [0.25, 0.3) is 0 Å². The fourth-order valence-electron chi connectivity index (χ4n) is 4.84. The zero-order valence-corrected chi connectivity index (χ0v) is 18.5. The molecule has 3 aliphatic rings. The Morgan fingerprint density at radius 1 is 1.27 bits per heavy atom. The molecule has 1 saturated carbocycles. The van der Waals surface area contributed by atoms with Gasteiger partial charge in [-0.3, -0.25) is 14.7 Å². The Kier molecular flexibility index (Phi) is 5.74. The molecule has 7 heteroatoms. The summed E-state index contributed by atoms with van der Waals surface area (Å²) >= 11 is 1.85. The molecule has 0 radical (unpaired) electrons. The second-order valence-electron chi connectivity index (χ2n) is 8.90. The standard InChI is InChI=1S/C23H31N5OS/c1-15-10-16-12-20(27-22(16)19(11-15)25-17-4-2-3-5-17)23-26-18(14-30-23)6-8-28-9-7-24-21(29)13-28/h10-12,17-18,25,27H,2-9,13-14H2,1H3,(H,24,29). The number of nitrogens with zero attached hydrogens (tertiary/aromatic N) is 2. The maximum absolute atomic E-state index is 11.6. The quantitative estimate of drug-likeness (QED) is 0.662. The number of carbonyl (C=O) groups excluding carboxylic acids is 1. The third kappa shape index (κ3) is 4.37. The van der Waals surface area contributed by atoms with Crippen molar-refractivity contribution in [2.45, 2.75) is 51.1 Å². The van der Waals surface area contributed by atoms with Gasteiger partial charge in [-0.25, -0.2) is 0 Å². The van der Waals surface area contributed by atoms with Gasteiger partial charge >= 0.3 is 0 Å². The van der Waals surface area contributed by atoms with Crippen LogP contribution in [0.5, 0.6) is 0 Å². The Balaban J connectivity index is 1.29. The molecular formula is C23H31N5OS. The molecule has 2 aromatic rings. The molecule has 160 valence electrons. The highest BCUT2D eigenvalue weighted by Gasteiger charge is 2.24. The summed E-state index contributed by atoms with van der Waals surface area (Å²) in [7, 11) is 0. The number of H-pyrrole nitrogens is 1. The third-order valence-corrected chi connectivity index (χ3v) is 7.58. The average molecular weight is 426 g/mol. The zero-order chi connectivity index (χ0) is 20.5. The number of aromatic nitrogens is 1. The summed E-state index contributed by atoms with van der Waals surface area (Å²) in [5, 5.41) is 9.06. The van der Waals surface area contributed by atoms with Crippen LogP contribution in [0.15, 0.2) is 23.2 Å². The normalized spacial score (nSPS) is 23.2. The monoisotopic (exact) mass is 425 g/mol. The molecule has 3 N–H and O–H groups in total. The van der Waals surface area contributed by atoms with Gasteiger partial charge in [-0.2, -0.15) is 0 Å². The van der Waals surface area contributed by atoms with Crippen molar-refractivity contribution in [3.63, 3.8) is 0 Å². The number of fused-ring (bicyclic) bond motifs is 1. The number of aromatic amines is 1. The molecule has 1 saturated heterocycles. The predicted molar refractivity (Wildman–Crippen MR) is 126 cm³/mol. The average Bonchev–Trinajstić information content (AvgIpc) is 3.47. The van der Waals surface area contributed by atoms with E-state index >= 15 is 0 Å². The fourth-order valence-corrected chi connectivity index (χ4v) is 5.92. The van der Waals surface area contributed by atoms with Crippen LogP contribution in [0.2, 0.25) is 0 Å². The van der Waals surface area contributed by atoms with Gasteiger partial charge in [0.05, 0.1) is 29.5 Å². The summed E-state index contributed by atoms with van der Waals surface area (Å²) in [6.45, 7) is 5.34. The minimum atomic E-state index is 0.140. The molecule has 1 aromatic carbocycles. The van der Waals surface area contributed by atoms with Crippen LogP contribution < -0.4 is 10.6 Å². The SMILES string of the molecule is Cc1cc(NC2CCCC2)c2[nH]c(C3=NC(CCN4CCNC(=O)C4)CS3)cc2c1. The van der Waals surface area contributed by atoms with Gasteiger partial charge in [-0.1, -0.05) is 12.8 Å². The minimum absolute atomic E-state index is 0.140. The Labute approximate surface area is 182 Å². The van der Waals surface area contributed by atoms with E-state index in [9.17, 15) is 4.79 Å². The first-order valence-corrected chi connectivity index (χ1v) is 12.2. The van der Waals surface area contributed by atoms with E-state index in [-0.39, 0.29) is 5.91 Å². The first-order valence-electron chi connectivity index (χ1n) is 11.2. The number of anilines is 1. The van der Waals surface area contributed by atoms with E-state index in [0.717, 1.165) is 42.5 Å². The van der Waals surface area contributed by atoms with Crippen LogP contribution in [-0.2, 0) is 4.79 Å². The number of carbonyl (C=O) groups is 1. The molecule has 5 rings (SSSR count). The summed E-state index contributed by atoms with van der Waals surface area (Å²) < 4.78 is 0. The summed E-state index contributed by atoms with van der Waals surface area (Å²) in [5.74, 6) is 1.17. The van der Waals surface area contributed by atoms with E-state index < -0.39 is 0 Å². The molecule has 2 fully saturated rings. The van der Waals surface area contributed by atoms with Crippen molar-refractivity contribution in [2.75, 3.05) is 37.2 Å². The number of hydrogen-bond donors (Lipinski definition) is 3. The van der Waals surface area contributed by atoms with Crippen LogP contribution in [0.25, 0.3) is 10.9 Å². The van der Waals surface area contributed by atoms with Crippen molar-refractivity contribution in [2.24, 2.45) is 4.99 Å². The molecule has 3 heterocycles. The van der Waals surface area contributed by atoms with E-state index in [4.69, 9.17) is 4.99 Å².